The minimum Gasteiger partial charge on any atom is -0.379 e. The van der Waals surface area contributed by atoms with Gasteiger partial charge in [0, 0.05) is 58.2 Å². The summed E-state index contributed by atoms with van der Waals surface area (Å²) >= 11 is 0. The third-order valence-corrected chi connectivity index (χ3v) is 5.63. The number of hydrogen-bond donors (Lipinski definition) is 2. The summed E-state index contributed by atoms with van der Waals surface area (Å²) in [7, 11) is 3.90. The summed E-state index contributed by atoms with van der Waals surface area (Å²) in [6.07, 6.45) is 10.8. The second-order valence-corrected chi connectivity index (χ2v) is 7.35. The van der Waals surface area contributed by atoms with Crippen LogP contribution in [0.4, 0.5) is 0 Å². The topological polar surface area (TPSA) is 53.8 Å². The zero-order chi connectivity index (χ0) is 17.5. The fourth-order valence-electron chi connectivity index (χ4n) is 4.17. The number of nitrogens with one attached hydrogen (secondary N) is 2. The van der Waals surface area contributed by atoms with Crippen LogP contribution in [0.1, 0.15) is 37.7 Å². The van der Waals surface area contributed by atoms with Crippen LogP contribution in [0, 0.1) is 0 Å². The first-order valence-corrected chi connectivity index (χ1v) is 9.60. The molecule has 3 rings (SSSR count). The lowest BCUT2D eigenvalue weighted by Crippen LogP contribution is -2.60. The standard InChI is InChI=1S/C19H33N5O.HI/c1-20-18(21-14-17-6-9-23(2)15-17)22-16-19(7-4-3-5-8-19)24-10-12-25-13-11-24;/h6,9,15H,3-5,7-8,10-14,16H2,1-2H3,(H2,20,21,22);1H. The highest BCUT2D eigenvalue weighted by Gasteiger charge is 2.38. The summed E-state index contributed by atoms with van der Waals surface area (Å²) in [4.78, 5) is 7.07. The third kappa shape index (κ3) is 5.60. The molecule has 2 N–H and O–H groups in total. The molecular weight excluding hydrogens is 441 g/mol. The number of rotatable bonds is 5. The molecule has 148 valence electrons. The molecule has 1 aromatic heterocycles. The summed E-state index contributed by atoms with van der Waals surface area (Å²) in [5, 5.41) is 7.05. The first-order chi connectivity index (χ1) is 12.2. The predicted octanol–water partition coefficient (Wildman–Crippen LogP) is 2.34. The molecule has 1 aliphatic carbocycles. The van der Waals surface area contributed by atoms with Crippen LogP contribution in [-0.4, -0.2) is 60.9 Å². The van der Waals surface area contributed by atoms with E-state index in [1.807, 2.05) is 14.1 Å². The normalized spacial score (nSPS) is 21.1. The molecular formula is C19H34IN5O. The highest BCUT2D eigenvalue weighted by Crippen LogP contribution is 2.33. The predicted molar refractivity (Wildman–Crippen MR) is 117 cm³/mol. The zero-order valence-electron chi connectivity index (χ0n) is 16.2. The van der Waals surface area contributed by atoms with Gasteiger partial charge in [-0.15, -0.1) is 24.0 Å². The summed E-state index contributed by atoms with van der Waals surface area (Å²) in [5.41, 5.74) is 1.53. The van der Waals surface area contributed by atoms with Crippen LogP contribution >= 0.6 is 24.0 Å². The van der Waals surface area contributed by atoms with Gasteiger partial charge in [0.25, 0.3) is 0 Å². The highest BCUT2D eigenvalue weighted by molar-refractivity contribution is 14.0. The van der Waals surface area contributed by atoms with Gasteiger partial charge in [-0.25, -0.2) is 0 Å². The summed E-state index contributed by atoms with van der Waals surface area (Å²) in [6, 6.07) is 2.14. The maximum absolute atomic E-state index is 5.57. The minimum absolute atomic E-state index is 0. The van der Waals surface area contributed by atoms with E-state index in [9.17, 15) is 0 Å². The van der Waals surface area contributed by atoms with Gasteiger partial charge in [0.2, 0.25) is 0 Å². The number of aliphatic imine (C=N–C) groups is 1. The molecule has 0 aromatic carbocycles. The van der Waals surface area contributed by atoms with Crippen LogP contribution in [0.5, 0.6) is 0 Å². The molecule has 2 fully saturated rings. The number of morpholine rings is 1. The van der Waals surface area contributed by atoms with Crippen molar-refractivity contribution in [2.24, 2.45) is 12.0 Å². The number of ether oxygens (including phenoxy) is 1. The van der Waals surface area contributed by atoms with Crippen LogP contribution in [0.2, 0.25) is 0 Å². The lowest BCUT2D eigenvalue weighted by molar-refractivity contribution is -0.0352. The van der Waals surface area contributed by atoms with E-state index in [1.54, 1.807) is 0 Å². The van der Waals surface area contributed by atoms with Gasteiger partial charge >= 0.3 is 0 Å². The molecule has 1 saturated heterocycles. The van der Waals surface area contributed by atoms with E-state index in [2.05, 4.69) is 43.6 Å². The van der Waals surface area contributed by atoms with Gasteiger partial charge in [0.1, 0.15) is 0 Å². The van der Waals surface area contributed by atoms with Crippen molar-refractivity contribution in [2.75, 3.05) is 39.9 Å². The Morgan fingerprint density at radius 1 is 1.19 bits per heavy atom. The van der Waals surface area contributed by atoms with E-state index in [1.165, 1.54) is 37.7 Å². The Bertz CT molecular complexity index is 562. The number of hydrogen-bond acceptors (Lipinski definition) is 3. The summed E-state index contributed by atoms with van der Waals surface area (Å²) in [6.45, 7) is 5.59. The Morgan fingerprint density at radius 3 is 2.54 bits per heavy atom. The second kappa shape index (κ2) is 10.5. The first kappa shape index (κ1) is 21.5. The van der Waals surface area contributed by atoms with Crippen molar-refractivity contribution in [3.63, 3.8) is 0 Å². The molecule has 6 nitrogen and oxygen atoms in total. The Labute approximate surface area is 174 Å². The molecule has 0 spiro atoms. The number of guanidine groups is 1. The SMILES string of the molecule is CN=C(NCc1ccn(C)c1)NCC1(N2CCOCC2)CCCCC1.I. The van der Waals surface area contributed by atoms with Crippen LogP contribution < -0.4 is 10.6 Å². The molecule has 0 radical (unpaired) electrons. The molecule has 0 unspecified atom stereocenters. The highest BCUT2D eigenvalue weighted by atomic mass is 127. The smallest absolute Gasteiger partial charge is 0.191 e. The maximum Gasteiger partial charge on any atom is 0.191 e. The van der Waals surface area contributed by atoms with Crippen molar-refractivity contribution < 1.29 is 4.74 Å². The van der Waals surface area contributed by atoms with Crippen molar-refractivity contribution in [3.05, 3.63) is 24.0 Å². The zero-order valence-corrected chi connectivity index (χ0v) is 18.5. The van der Waals surface area contributed by atoms with E-state index >= 15 is 0 Å². The molecule has 1 aromatic rings. The molecule has 2 aliphatic rings. The van der Waals surface area contributed by atoms with Gasteiger partial charge in [0.15, 0.2) is 5.96 Å². The van der Waals surface area contributed by atoms with Gasteiger partial charge in [-0.3, -0.25) is 9.89 Å². The quantitative estimate of drug-likeness (QED) is 0.390. The number of aryl methyl sites for hydroxylation is 1. The first-order valence-electron chi connectivity index (χ1n) is 9.60. The molecule has 1 aliphatic heterocycles. The fraction of sp³-hybridized carbons (Fsp3) is 0.737. The fourth-order valence-corrected chi connectivity index (χ4v) is 4.17. The largest absolute Gasteiger partial charge is 0.379 e. The van der Waals surface area contributed by atoms with Crippen molar-refractivity contribution in [2.45, 2.75) is 44.2 Å². The summed E-state index contributed by atoms with van der Waals surface area (Å²) in [5.74, 6) is 0.891. The van der Waals surface area contributed by atoms with Crippen molar-refractivity contribution >= 4 is 29.9 Å². The molecule has 0 amide bonds. The Hall–Kier alpha value is -0.800. The van der Waals surface area contributed by atoms with E-state index in [0.29, 0.717) is 0 Å². The van der Waals surface area contributed by atoms with Crippen LogP contribution in [0.15, 0.2) is 23.5 Å². The lowest BCUT2D eigenvalue weighted by Gasteiger charge is -2.48. The molecule has 0 bridgehead atoms. The van der Waals surface area contributed by atoms with Crippen LogP contribution in [0.3, 0.4) is 0 Å². The van der Waals surface area contributed by atoms with Gasteiger partial charge in [-0.05, 0) is 24.5 Å². The lowest BCUT2D eigenvalue weighted by atomic mass is 9.80. The Balaban J connectivity index is 0.00000243. The van der Waals surface area contributed by atoms with E-state index in [-0.39, 0.29) is 29.5 Å². The summed E-state index contributed by atoms with van der Waals surface area (Å²) < 4.78 is 7.64. The van der Waals surface area contributed by atoms with Crippen LogP contribution in [0.25, 0.3) is 0 Å². The monoisotopic (exact) mass is 475 g/mol. The molecule has 7 heteroatoms. The molecule has 26 heavy (non-hydrogen) atoms. The number of aromatic nitrogens is 1. The Kier molecular flexibility index (Phi) is 8.69. The minimum atomic E-state index is 0. The molecule has 1 saturated carbocycles. The van der Waals surface area contributed by atoms with E-state index in [0.717, 1.165) is 45.4 Å². The molecule has 2 heterocycles. The number of halogens is 1. The van der Waals surface area contributed by atoms with Gasteiger partial charge < -0.3 is 19.9 Å². The number of nitrogens with zero attached hydrogens (tertiary/aromatic N) is 3. The average molecular weight is 475 g/mol. The van der Waals surface area contributed by atoms with Crippen molar-refractivity contribution in [1.82, 2.24) is 20.1 Å². The van der Waals surface area contributed by atoms with Gasteiger partial charge in [0.05, 0.1) is 13.2 Å². The second-order valence-electron chi connectivity index (χ2n) is 7.35. The van der Waals surface area contributed by atoms with Gasteiger partial charge in [-0.1, -0.05) is 19.3 Å². The third-order valence-electron chi connectivity index (χ3n) is 5.63. The van der Waals surface area contributed by atoms with Crippen LogP contribution in [-0.2, 0) is 18.3 Å². The average Bonchev–Trinajstić information content (AvgIpc) is 3.08. The maximum atomic E-state index is 5.57. The van der Waals surface area contributed by atoms with E-state index in [4.69, 9.17) is 4.74 Å². The Morgan fingerprint density at radius 2 is 1.92 bits per heavy atom. The van der Waals surface area contributed by atoms with Crippen molar-refractivity contribution in [1.29, 1.82) is 0 Å². The van der Waals surface area contributed by atoms with Crippen molar-refractivity contribution in [3.8, 4) is 0 Å². The van der Waals surface area contributed by atoms with Gasteiger partial charge in [-0.2, -0.15) is 0 Å². The molecule has 0 atom stereocenters. The van der Waals surface area contributed by atoms with E-state index < -0.39 is 0 Å².